The molecule has 1 aromatic carbocycles. The second kappa shape index (κ2) is 6.72. The molecule has 3 N–H and O–H groups in total. The Labute approximate surface area is 152 Å². The highest BCUT2D eigenvalue weighted by Crippen LogP contribution is 2.45. The Morgan fingerprint density at radius 1 is 1.19 bits per heavy atom. The van der Waals surface area contributed by atoms with Crippen LogP contribution in [0.5, 0.6) is 5.75 Å². The minimum absolute atomic E-state index is 0.124. The number of amides is 2. The van der Waals surface area contributed by atoms with E-state index in [1.165, 1.54) is 4.90 Å². The average Bonchev–Trinajstić information content (AvgIpc) is 3.11. The van der Waals surface area contributed by atoms with Crippen LogP contribution in [-0.2, 0) is 19.1 Å². The Kier molecular flexibility index (Phi) is 4.75. The topological polar surface area (TPSA) is 101 Å². The Bertz CT molecular complexity index is 732. The third-order valence-corrected chi connectivity index (χ3v) is 5.70. The molecule has 2 aliphatic rings. The molecule has 4 atom stereocenters. The third-order valence-electron chi connectivity index (χ3n) is 5.70. The van der Waals surface area contributed by atoms with Gasteiger partial charge in [-0.2, -0.15) is 0 Å². The molecule has 7 nitrogen and oxygen atoms in total. The molecule has 2 saturated heterocycles. The zero-order valence-electron chi connectivity index (χ0n) is 15.3. The summed E-state index contributed by atoms with van der Waals surface area (Å²) in [7, 11) is 0. The Hall–Kier alpha value is -2.41. The minimum Gasteiger partial charge on any atom is -0.508 e. The molecule has 140 valence electrons. The van der Waals surface area contributed by atoms with Gasteiger partial charge in [-0.1, -0.05) is 6.92 Å². The van der Waals surface area contributed by atoms with Gasteiger partial charge in [0, 0.05) is 18.5 Å². The molecule has 1 aromatic rings. The van der Waals surface area contributed by atoms with Crippen molar-refractivity contribution in [2.24, 2.45) is 11.8 Å². The highest BCUT2D eigenvalue weighted by atomic mass is 16.5. The molecule has 0 aliphatic carbocycles. The molecule has 2 aliphatic heterocycles. The number of phenolic OH excluding ortho intramolecular Hbond substituents is 1. The SMILES string of the molecule is CCOC(=O)[C@]1(CC)[NH2+][C@@H](c2ccc(O)cc2)[C@H]2C(=O)N(CC)C(=O)[C@@H]21. The molecule has 2 amide bonds. The van der Waals surface area contributed by atoms with Gasteiger partial charge in [0.15, 0.2) is 0 Å². The number of benzene rings is 1. The number of phenols is 1. The van der Waals surface area contributed by atoms with E-state index < -0.39 is 23.3 Å². The summed E-state index contributed by atoms with van der Waals surface area (Å²) >= 11 is 0. The number of esters is 1. The van der Waals surface area contributed by atoms with E-state index in [0.29, 0.717) is 6.42 Å². The smallest absolute Gasteiger partial charge is 0.368 e. The first-order chi connectivity index (χ1) is 12.4. The van der Waals surface area contributed by atoms with Crippen LogP contribution in [0, 0.1) is 11.8 Å². The van der Waals surface area contributed by atoms with Crippen LogP contribution in [0.1, 0.15) is 38.8 Å². The fourth-order valence-electron chi connectivity index (χ4n) is 4.44. The molecule has 26 heavy (non-hydrogen) atoms. The van der Waals surface area contributed by atoms with Crippen molar-refractivity contribution in [1.29, 1.82) is 0 Å². The first-order valence-corrected chi connectivity index (χ1v) is 9.08. The maximum absolute atomic E-state index is 13.0. The van der Waals surface area contributed by atoms with Gasteiger partial charge >= 0.3 is 5.97 Å². The number of nitrogens with two attached hydrogens (primary N) is 1. The molecule has 0 spiro atoms. The highest BCUT2D eigenvalue weighted by molar-refractivity contribution is 6.08. The van der Waals surface area contributed by atoms with Gasteiger partial charge in [0.05, 0.1) is 6.61 Å². The Morgan fingerprint density at radius 2 is 1.85 bits per heavy atom. The van der Waals surface area contributed by atoms with E-state index in [9.17, 15) is 19.5 Å². The van der Waals surface area contributed by atoms with E-state index in [1.807, 2.05) is 12.2 Å². The predicted molar refractivity (Wildman–Crippen MR) is 91.8 cm³/mol. The third kappa shape index (κ3) is 2.49. The van der Waals surface area contributed by atoms with Crippen LogP contribution < -0.4 is 5.32 Å². The van der Waals surface area contributed by atoms with Crippen molar-refractivity contribution in [3.05, 3.63) is 29.8 Å². The number of aromatic hydroxyl groups is 1. The largest absolute Gasteiger partial charge is 0.508 e. The van der Waals surface area contributed by atoms with E-state index in [4.69, 9.17) is 4.74 Å². The summed E-state index contributed by atoms with van der Waals surface area (Å²) in [6, 6.07) is 6.19. The molecule has 7 heteroatoms. The Balaban J connectivity index is 2.11. The van der Waals surface area contributed by atoms with Gasteiger partial charge in [-0.15, -0.1) is 0 Å². The molecule has 0 aromatic heterocycles. The molecule has 0 radical (unpaired) electrons. The summed E-state index contributed by atoms with van der Waals surface area (Å²) in [6.45, 7) is 5.83. The monoisotopic (exact) mass is 361 g/mol. The molecule has 2 fully saturated rings. The second-order valence-electron chi connectivity index (χ2n) is 6.82. The first-order valence-electron chi connectivity index (χ1n) is 9.08. The lowest BCUT2D eigenvalue weighted by molar-refractivity contribution is -0.734. The zero-order valence-corrected chi connectivity index (χ0v) is 15.3. The maximum Gasteiger partial charge on any atom is 0.368 e. The quantitative estimate of drug-likeness (QED) is 0.582. The van der Waals surface area contributed by atoms with Crippen LogP contribution in [0.3, 0.4) is 0 Å². The molecule has 3 rings (SSSR count). The van der Waals surface area contributed by atoms with E-state index in [2.05, 4.69) is 0 Å². The lowest BCUT2D eigenvalue weighted by atomic mass is 9.78. The number of fused-ring (bicyclic) bond motifs is 1. The summed E-state index contributed by atoms with van der Waals surface area (Å²) in [5.74, 6) is -2.21. The number of hydrogen-bond donors (Lipinski definition) is 2. The van der Waals surface area contributed by atoms with Crippen LogP contribution in [0.2, 0.25) is 0 Å². The summed E-state index contributed by atoms with van der Waals surface area (Å²) < 4.78 is 5.29. The fourth-order valence-corrected chi connectivity index (χ4v) is 4.44. The number of hydrogen-bond acceptors (Lipinski definition) is 5. The maximum atomic E-state index is 13.0. The molecule has 2 heterocycles. The number of imide groups is 1. The van der Waals surface area contributed by atoms with Gasteiger partial charge in [-0.25, -0.2) is 4.79 Å². The average molecular weight is 361 g/mol. The number of carbonyl (C=O) groups excluding carboxylic acids is 3. The number of carbonyl (C=O) groups is 3. The number of quaternary nitrogens is 1. The van der Waals surface area contributed by atoms with Crippen molar-refractivity contribution in [3.63, 3.8) is 0 Å². The van der Waals surface area contributed by atoms with Crippen LogP contribution in [0.15, 0.2) is 24.3 Å². The van der Waals surface area contributed by atoms with E-state index >= 15 is 0 Å². The van der Waals surface area contributed by atoms with Crippen LogP contribution in [0.25, 0.3) is 0 Å². The van der Waals surface area contributed by atoms with E-state index in [1.54, 1.807) is 38.1 Å². The van der Waals surface area contributed by atoms with Crippen LogP contribution in [-0.4, -0.2) is 46.5 Å². The molecular weight excluding hydrogens is 336 g/mol. The number of likely N-dealkylation sites (tertiary alicyclic amines) is 1. The standard InChI is InChI=1S/C19H24N2O5/c1-4-19(18(25)26-6-3)14-13(16(23)21(5-2)17(14)24)15(20-19)11-7-9-12(22)10-8-11/h7-10,13-15,20,22H,4-6H2,1-3H3/p+1/t13-,14+,15-,19+/m0/s1. The highest BCUT2D eigenvalue weighted by Gasteiger charge is 2.71. The molecule has 0 saturated carbocycles. The van der Waals surface area contributed by atoms with E-state index in [0.717, 1.165) is 5.56 Å². The number of nitrogens with zero attached hydrogens (tertiary/aromatic N) is 1. The van der Waals surface area contributed by atoms with Crippen LogP contribution >= 0.6 is 0 Å². The zero-order chi connectivity index (χ0) is 19.1. The predicted octanol–water partition coefficient (Wildman–Crippen LogP) is 0.343. The van der Waals surface area contributed by atoms with Crippen LogP contribution in [0.4, 0.5) is 0 Å². The second-order valence-corrected chi connectivity index (χ2v) is 6.82. The van der Waals surface area contributed by atoms with Crippen molar-refractivity contribution in [2.45, 2.75) is 38.8 Å². The lowest BCUT2D eigenvalue weighted by Crippen LogP contribution is -2.98. The van der Waals surface area contributed by atoms with Gasteiger partial charge in [0.25, 0.3) is 0 Å². The van der Waals surface area contributed by atoms with Gasteiger partial charge < -0.3 is 15.2 Å². The summed E-state index contributed by atoms with van der Waals surface area (Å²) in [5.41, 5.74) is -0.309. The normalized spacial score (nSPS) is 30.6. The van der Waals surface area contributed by atoms with Crippen molar-refractivity contribution in [1.82, 2.24) is 4.90 Å². The van der Waals surface area contributed by atoms with Crippen molar-refractivity contribution in [2.75, 3.05) is 13.2 Å². The first kappa shape index (κ1) is 18.4. The fraction of sp³-hybridized carbons (Fsp3) is 0.526. The minimum atomic E-state index is -1.11. The summed E-state index contributed by atoms with van der Waals surface area (Å²) in [4.78, 5) is 40.0. The number of rotatable bonds is 5. The Morgan fingerprint density at radius 3 is 2.38 bits per heavy atom. The van der Waals surface area contributed by atoms with Crippen molar-refractivity contribution in [3.8, 4) is 5.75 Å². The summed E-state index contributed by atoms with van der Waals surface area (Å²) in [5, 5.41) is 11.4. The van der Waals surface area contributed by atoms with Crippen molar-refractivity contribution >= 4 is 17.8 Å². The molecule has 0 bridgehead atoms. The lowest BCUT2D eigenvalue weighted by Gasteiger charge is -2.28. The summed E-state index contributed by atoms with van der Waals surface area (Å²) in [6.07, 6.45) is 0.387. The van der Waals surface area contributed by atoms with E-state index in [-0.39, 0.29) is 36.8 Å². The van der Waals surface area contributed by atoms with Gasteiger partial charge in [-0.05, 0) is 38.1 Å². The van der Waals surface area contributed by atoms with Gasteiger partial charge in [-0.3, -0.25) is 14.5 Å². The van der Waals surface area contributed by atoms with Gasteiger partial charge in [0.1, 0.15) is 23.6 Å². The number of ether oxygens (including phenoxy) is 1. The molecular formula is C19H25N2O5+. The van der Waals surface area contributed by atoms with Crippen molar-refractivity contribution < 1.29 is 29.5 Å². The molecule has 0 unspecified atom stereocenters. The van der Waals surface area contributed by atoms with Gasteiger partial charge in [0.2, 0.25) is 17.4 Å².